The van der Waals surface area contributed by atoms with E-state index in [-0.39, 0.29) is 23.7 Å². The molecular weight excluding hydrogens is 582 g/mol. The molecule has 0 radical (unpaired) electrons. The number of benzene rings is 5. The van der Waals surface area contributed by atoms with Crippen LogP contribution in [0.3, 0.4) is 0 Å². The molecule has 0 saturated carbocycles. The Morgan fingerprint density at radius 2 is 1.47 bits per heavy atom. The molecule has 0 bridgehead atoms. The lowest BCUT2D eigenvalue weighted by molar-refractivity contribution is -0.133. The zero-order valence-electron chi connectivity index (χ0n) is 24.5. The number of H-pyrrole nitrogens is 1. The van der Waals surface area contributed by atoms with E-state index in [0.29, 0.717) is 27.4 Å². The van der Waals surface area contributed by atoms with Crippen LogP contribution >= 0.6 is 11.6 Å². The number of phenolic OH excluding ortho intramolecular Hbond substituents is 1. The maximum Gasteiger partial charge on any atom is 0.315 e. The first-order valence-electron chi connectivity index (χ1n) is 15.1. The van der Waals surface area contributed by atoms with Gasteiger partial charge in [0, 0.05) is 22.2 Å². The van der Waals surface area contributed by atoms with E-state index >= 15 is 0 Å². The molecule has 1 heterocycles. The minimum atomic E-state index is -0.344. The number of halogens is 1. The van der Waals surface area contributed by atoms with E-state index in [4.69, 9.17) is 16.3 Å². The third kappa shape index (κ3) is 6.00. The number of phenols is 1. The number of rotatable bonds is 6. The number of hydrogen-bond donors (Lipinski definition) is 2. The highest BCUT2D eigenvalue weighted by molar-refractivity contribution is 6.34. The Morgan fingerprint density at radius 1 is 0.733 bits per heavy atom. The summed E-state index contributed by atoms with van der Waals surface area (Å²) in [6, 6.07) is 34.0. The van der Waals surface area contributed by atoms with Crippen molar-refractivity contribution in [1.82, 2.24) is 4.98 Å². The largest absolute Gasteiger partial charge is 0.507 e. The monoisotopic (exact) mass is 611 g/mol. The zero-order chi connectivity index (χ0) is 30.9. The van der Waals surface area contributed by atoms with Crippen LogP contribution in [-0.4, -0.2) is 16.1 Å². The SMILES string of the molecule is O=C(Cc1cccc(-c2cc3cc(-c4ccc(-c5ccccc5O)cc4)c(Cl)cc3[nH]c2=O)c1)Oc1ccc2c(c1)CCCC2. The second-order valence-corrected chi connectivity index (χ2v) is 11.9. The number of esters is 1. The van der Waals surface area contributed by atoms with Crippen LogP contribution in [-0.2, 0) is 24.1 Å². The van der Waals surface area contributed by atoms with Crippen LogP contribution in [0.4, 0.5) is 0 Å². The third-order valence-electron chi connectivity index (χ3n) is 8.48. The first-order chi connectivity index (χ1) is 21.9. The number of aromatic nitrogens is 1. The number of pyridine rings is 1. The number of aromatic amines is 1. The molecule has 0 aliphatic heterocycles. The molecule has 0 spiro atoms. The van der Waals surface area contributed by atoms with Gasteiger partial charge in [-0.25, -0.2) is 0 Å². The maximum absolute atomic E-state index is 13.2. The van der Waals surface area contributed by atoms with Crippen LogP contribution in [0.15, 0.2) is 114 Å². The van der Waals surface area contributed by atoms with Crippen molar-refractivity contribution < 1.29 is 14.6 Å². The molecule has 45 heavy (non-hydrogen) atoms. The standard InChI is InChI=1S/C39H30ClNO4/c40-35-23-36-30(21-33(35)27-14-12-26(13-15-27)32-10-3-4-11-37(32)42)22-34(39(44)41-36)29-9-5-6-24(18-29)19-38(43)45-31-17-16-25-7-1-2-8-28(25)20-31/h3-6,9-18,20-23,42H,1-2,7-8,19H2,(H,41,44). The van der Waals surface area contributed by atoms with E-state index < -0.39 is 0 Å². The van der Waals surface area contributed by atoms with Crippen molar-refractivity contribution in [3.05, 3.63) is 141 Å². The summed E-state index contributed by atoms with van der Waals surface area (Å²) < 4.78 is 5.68. The Morgan fingerprint density at radius 3 is 2.27 bits per heavy atom. The van der Waals surface area contributed by atoms with Gasteiger partial charge in [-0.3, -0.25) is 9.59 Å². The van der Waals surface area contributed by atoms with Crippen molar-refractivity contribution in [3.63, 3.8) is 0 Å². The van der Waals surface area contributed by atoms with Gasteiger partial charge in [0.1, 0.15) is 11.5 Å². The van der Waals surface area contributed by atoms with Crippen molar-refractivity contribution in [1.29, 1.82) is 0 Å². The summed E-state index contributed by atoms with van der Waals surface area (Å²) in [7, 11) is 0. The smallest absolute Gasteiger partial charge is 0.315 e. The van der Waals surface area contributed by atoms with Crippen molar-refractivity contribution in [2.24, 2.45) is 0 Å². The fourth-order valence-corrected chi connectivity index (χ4v) is 6.44. The quantitative estimate of drug-likeness (QED) is 0.146. The zero-order valence-corrected chi connectivity index (χ0v) is 25.2. The lowest BCUT2D eigenvalue weighted by Crippen LogP contribution is -2.13. The molecule has 0 saturated heterocycles. The molecule has 1 aliphatic rings. The third-order valence-corrected chi connectivity index (χ3v) is 8.79. The number of aryl methyl sites for hydroxylation is 2. The van der Waals surface area contributed by atoms with Crippen molar-refractivity contribution in [3.8, 4) is 44.9 Å². The number of hydrogen-bond acceptors (Lipinski definition) is 4. The lowest BCUT2D eigenvalue weighted by atomic mass is 9.92. The first-order valence-corrected chi connectivity index (χ1v) is 15.5. The maximum atomic E-state index is 13.2. The molecule has 2 N–H and O–H groups in total. The minimum Gasteiger partial charge on any atom is -0.507 e. The second kappa shape index (κ2) is 12.1. The number of aromatic hydroxyl groups is 1. The molecule has 5 nitrogen and oxygen atoms in total. The molecule has 5 aromatic carbocycles. The van der Waals surface area contributed by atoms with E-state index in [1.54, 1.807) is 18.2 Å². The van der Waals surface area contributed by atoms with E-state index in [0.717, 1.165) is 52.5 Å². The Hall–Kier alpha value is -5.13. The highest BCUT2D eigenvalue weighted by Gasteiger charge is 2.15. The topological polar surface area (TPSA) is 79.4 Å². The van der Waals surface area contributed by atoms with E-state index in [9.17, 15) is 14.7 Å². The van der Waals surface area contributed by atoms with Crippen molar-refractivity contribution in [2.75, 3.05) is 0 Å². The number of carbonyl (C=O) groups excluding carboxylic acids is 1. The fraction of sp³-hybridized carbons (Fsp3) is 0.128. The van der Waals surface area contributed by atoms with Crippen LogP contribution in [0, 0.1) is 0 Å². The van der Waals surface area contributed by atoms with Crippen molar-refractivity contribution >= 4 is 28.5 Å². The normalized spacial score (nSPS) is 12.6. The highest BCUT2D eigenvalue weighted by Crippen LogP contribution is 2.35. The molecule has 6 heteroatoms. The summed E-state index contributed by atoms with van der Waals surface area (Å²) in [5.74, 6) is 0.453. The lowest BCUT2D eigenvalue weighted by Gasteiger charge is -2.16. The molecular formula is C39H30ClNO4. The predicted octanol–water partition coefficient (Wildman–Crippen LogP) is 8.92. The fourth-order valence-electron chi connectivity index (χ4n) is 6.17. The number of nitrogens with one attached hydrogen (secondary N) is 1. The molecule has 222 valence electrons. The van der Waals surface area contributed by atoms with Gasteiger partial charge in [-0.1, -0.05) is 84.4 Å². The van der Waals surface area contributed by atoms with E-state index in [1.807, 2.05) is 84.9 Å². The molecule has 0 unspecified atom stereocenters. The van der Waals surface area contributed by atoms with Gasteiger partial charge in [-0.2, -0.15) is 0 Å². The Balaban J connectivity index is 1.14. The van der Waals surface area contributed by atoms with E-state index in [1.165, 1.54) is 17.5 Å². The molecule has 0 amide bonds. The van der Waals surface area contributed by atoms with Gasteiger partial charge in [0.25, 0.3) is 5.56 Å². The number of carbonyl (C=O) groups is 1. The minimum absolute atomic E-state index is 0.0902. The summed E-state index contributed by atoms with van der Waals surface area (Å²) in [5.41, 5.74) is 8.34. The Labute approximate surface area is 265 Å². The average Bonchev–Trinajstić information content (AvgIpc) is 3.05. The molecule has 1 aliphatic carbocycles. The van der Waals surface area contributed by atoms with Crippen LogP contribution < -0.4 is 10.3 Å². The van der Waals surface area contributed by atoms with Gasteiger partial charge < -0.3 is 14.8 Å². The summed E-state index contributed by atoms with van der Waals surface area (Å²) in [5, 5.41) is 11.6. The molecule has 0 fully saturated rings. The second-order valence-electron chi connectivity index (χ2n) is 11.5. The van der Waals surface area contributed by atoms with Gasteiger partial charge >= 0.3 is 5.97 Å². The van der Waals surface area contributed by atoms with E-state index in [2.05, 4.69) is 11.1 Å². The Kier molecular flexibility index (Phi) is 7.70. The van der Waals surface area contributed by atoms with Crippen LogP contribution in [0.2, 0.25) is 5.02 Å². The van der Waals surface area contributed by atoms with Gasteiger partial charge in [0.05, 0.1) is 11.4 Å². The summed E-state index contributed by atoms with van der Waals surface area (Å²) in [4.78, 5) is 29.0. The van der Waals surface area contributed by atoms with Gasteiger partial charge in [0.15, 0.2) is 0 Å². The molecule has 1 aromatic heterocycles. The molecule has 0 atom stereocenters. The first kappa shape index (κ1) is 28.6. The summed E-state index contributed by atoms with van der Waals surface area (Å²) in [6.07, 6.45) is 4.54. The highest BCUT2D eigenvalue weighted by atomic mass is 35.5. The number of para-hydroxylation sites is 1. The molecule has 6 aromatic rings. The Bertz CT molecular complexity index is 2130. The van der Waals surface area contributed by atoms with Gasteiger partial charge in [-0.15, -0.1) is 0 Å². The van der Waals surface area contributed by atoms with Gasteiger partial charge in [0.2, 0.25) is 0 Å². The molecule has 7 rings (SSSR count). The summed E-state index contributed by atoms with van der Waals surface area (Å²) in [6.45, 7) is 0. The van der Waals surface area contributed by atoms with Crippen LogP contribution in [0.5, 0.6) is 11.5 Å². The number of ether oxygens (including phenoxy) is 1. The predicted molar refractivity (Wildman–Crippen MR) is 180 cm³/mol. The average molecular weight is 612 g/mol. The van der Waals surface area contributed by atoms with Gasteiger partial charge in [-0.05, 0) is 101 Å². The van der Waals surface area contributed by atoms with Crippen molar-refractivity contribution in [2.45, 2.75) is 32.1 Å². The van der Waals surface area contributed by atoms with Crippen LogP contribution in [0.1, 0.15) is 29.5 Å². The summed E-state index contributed by atoms with van der Waals surface area (Å²) >= 11 is 6.69. The van der Waals surface area contributed by atoms with Crippen LogP contribution in [0.25, 0.3) is 44.3 Å². The number of fused-ring (bicyclic) bond motifs is 2.